The van der Waals surface area contributed by atoms with Gasteiger partial charge in [-0.15, -0.1) is 16.4 Å². The zero-order valence-electron chi connectivity index (χ0n) is 17.3. The Kier molecular flexibility index (Phi) is 5.95. The number of halogens is 5. The van der Waals surface area contributed by atoms with Crippen LogP contribution in [0.4, 0.5) is 19.1 Å². The molecule has 0 spiro atoms. The first-order valence-electron chi connectivity index (χ1n) is 9.84. The molecule has 0 aliphatic carbocycles. The molecule has 5 aromatic rings. The summed E-state index contributed by atoms with van der Waals surface area (Å²) in [4.78, 5) is 21.5. The molecule has 1 amide bonds. The molecular weight excluding hydrogens is 526 g/mol. The maximum atomic E-state index is 13.7. The van der Waals surface area contributed by atoms with E-state index in [0.717, 1.165) is 6.07 Å². The zero-order valence-corrected chi connectivity index (χ0v) is 19.6. The van der Waals surface area contributed by atoms with Gasteiger partial charge in [-0.1, -0.05) is 35.3 Å². The van der Waals surface area contributed by atoms with Crippen molar-refractivity contribution in [1.29, 1.82) is 0 Å². The lowest BCUT2D eigenvalue weighted by Gasteiger charge is -2.10. The lowest BCUT2D eigenvalue weighted by molar-refractivity contribution is -0.142. The van der Waals surface area contributed by atoms with Crippen LogP contribution in [0.3, 0.4) is 0 Å². The summed E-state index contributed by atoms with van der Waals surface area (Å²) >= 11 is 13.6. The number of hydrogen-bond donors (Lipinski definition) is 1. The highest BCUT2D eigenvalue weighted by Crippen LogP contribution is 2.33. The van der Waals surface area contributed by atoms with Gasteiger partial charge in [0.2, 0.25) is 5.95 Å². The minimum absolute atomic E-state index is 0.0708. The minimum Gasteiger partial charge on any atom is -0.288 e. The van der Waals surface area contributed by atoms with Gasteiger partial charge in [0.25, 0.3) is 5.91 Å². The molecule has 4 heterocycles. The van der Waals surface area contributed by atoms with Crippen molar-refractivity contribution in [1.82, 2.24) is 29.4 Å². The van der Waals surface area contributed by atoms with Gasteiger partial charge in [0, 0.05) is 21.7 Å². The number of hydrogen-bond acceptors (Lipinski definition) is 6. The molecule has 0 saturated heterocycles. The van der Waals surface area contributed by atoms with Crippen LogP contribution in [0.5, 0.6) is 0 Å². The highest BCUT2D eigenvalue weighted by atomic mass is 35.5. The molecular formula is C21H12Cl2F3N7OS. The summed E-state index contributed by atoms with van der Waals surface area (Å²) in [6, 6.07) is 10.5. The molecule has 0 radical (unpaired) electrons. The quantitative estimate of drug-likeness (QED) is 0.311. The fraction of sp³-hybridized carbons (Fsp3) is 0.0952. The average Bonchev–Trinajstić information content (AvgIpc) is 3.55. The maximum Gasteiger partial charge on any atom is 0.433 e. The van der Waals surface area contributed by atoms with E-state index in [2.05, 4.69) is 25.5 Å². The number of nitrogens with zero attached hydrogens (tertiary/aromatic N) is 6. The Bertz CT molecular complexity index is 1530. The summed E-state index contributed by atoms with van der Waals surface area (Å²) in [5.41, 5.74) is -0.711. The van der Waals surface area contributed by atoms with Crippen LogP contribution in [-0.4, -0.2) is 35.3 Å². The average molecular weight is 538 g/mol. The van der Waals surface area contributed by atoms with Crippen molar-refractivity contribution in [3.05, 3.63) is 81.2 Å². The van der Waals surface area contributed by atoms with Crippen molar-refractivity contribution in [2.24, 2.45) is 0 Å². The van der Waals surface area contributed by atoms with Gasteiger partial charge in [-0.3, -0.25) is 10.1 Å². The second-order valence-corrected chi connectivity index (χ2v) is 8.98. The summed E-state index contributed by atoms with van der Waals surface area (Å²) in [5.74, 6) is -0.867. The molecule has 0 aliphatic heterocycles. The summed E-state index contributed by atoms with van der Waals surface area (Å²) < 4.78 is 43.1. The van der Waals surface area contributed by atoms with Crippen LogP contribution in [0.1, 0.15) is 21.7 Å². The van der Waals surface area contributed by atoms with Crippen LogP contribution in [0, 0.1) is 0 Å². The zero-order chi connectivity index (χ0) is 24.7. The molecule has 8 nitrogen and oxygen atoms in total. The van der Waals surface area contributed by atoms with Gasteiger partial charge in [-0.25, -0.2) is 19.2 Å². The van der Waals surface area contributed by atoms with Gasteiger partial charge in [0.05, 0.1) is 17.1 Å². The number of benzene rings is 1. The van der Waals surface area contributed by atoms with E-state index in [4.69, 9.17) is 23.2 Å². The predicted molar refractivity (Wildman–Crippen MR) is 125 cm³/mol. The van der Waals surface area contributed by atoms with Crippen LogP contribution in [0.15, 0.2) is 54.2 Å². The summed E-state index contributed by atoms with van der Waals surface area (Å²) in [5, 5.41) is 13.0. The highest BCUT2D eigenvalue weighted by Gasteiger charge is 2.35. The standard InChI is InChI=1S/C21H12Cl2F3N7OS/c22-12-3-1-4-13(23)11(12)9-32-10-27-20(31-32)29-19(34)15-8-18-28-14(16-5-2-6-35-16)7-17(21(24,25)26)33(18)30-15/h1-8,10H,9H2,(H,29,31,34). The monoisotopic (exact) mass is 537 g/mol. The molecule has 0 atom stereocenters. The van der Waals surface area contributed by atoms with Crippen LogP contribution < -0.4 is 5.32 Å². The predicted octanol–water partition coefficient (Wildman–Crippen LogP) is 5.68. The van der Waals surface area contributed by atoms with Crippen LogP contribution in [0.25, 0.3) is 16.2 Å². The number of aromatic nitrogens is 6. The number of alkyl halides is 3. The van der Waals surface area contributed by atoms with E-state index >= 15 is 0 Å². The number of thiophene rings is 1. The van der Waals surface area contributed by atoms with Gasteiger partial charge < -0.3 is 0 Å². The third-order valence-corrected chi connectivity index (χ3v) is 6.47. The van der Waals surface area contributed by atoms with Gasteiger partial charge in [0.15, 0.2) is 17.0 Å². The number of nitrogens with one attached hydrogen (secondary N) is 1. The number of rotatable bonds is 5. The first-order chi connectivity index (χ1) is 16.7. The molecule has 0 aliphatic rings. The number of anilines is 1. The van der Waals surface area contributed by atoms with E-state index in [1.165, 1.54) is 28.4 Å². The van der Waals surface area contributed by atoms with E-state index in [-0.39, 0.29) is 29.5 Å². The van der Waals surface area contributed by atoms with Crippen molar-refractivity contribution >= 4 is 52.0 Å². The number of fused-ring (bicyclic) bond motifs is 1. The van der Waals surface area contributed by atoms with E-state index < -0.39 is 17.8 Å². The molecule has 178 valence electrons. The Morgan fingerprint density at radius 1 is 1.09 bits per heavy atom. The Morgan fingerprint density at radius 3 is 2.54 bits per heavy atom. The van der Waals surface area contributed by atoms with Gasteiger partial charge in [-0.2, -0.15) is 18.3 Å². The lowest BCUT2D eigenvalue weighted by atomic mass is 10.2. The Balaban J connectivity index is 1.42. The summed E-state index contributed by atoms with van der Waals surface area (Å²) in [7, 11) is 0. The van der Waals surface area contributed by atoms with E-state index in [1.807, 2.05) is 0 Å². The smallest absolute Gasteiger partial charge is 0.288 e. The van der Waals surface area contributed by atoms with Gasteiger partial charge in [-0.05, 0) is 29.6 Å². The number of carbonyl (C=O) groups is 1. The molecule has 0 unspecified atom stereocenters. The third kappa shape index (κ3) is 4.72. The molecule has 1 N–H and O–H groups in total. The molecule has 0 bridgehead atoms. The minimum atomic E-state index is -4.71. The summed E-state index contributed by atoms with van der Waals surface area (Å²) in [6.45, 7) is 0.195. The molecule has 0 fully saturated rings. The topological polar surface area (TPSA) is 90.0 Å². The van der Waals surface area contributed by atoms with Gasteiger partial charge >= 0.3 is 6.18 Å². The Hall–Kier alpha value is -3.48. The fourth-order valence-electron chi connectivity index (χ4n) is 3.28. The summed E-state index contributed by atoms with van der Waals surface area (Å²) in [6.07, 6.45) is -3.36. The number of amides is 1. The molecule has 0 saturated carbocycles. The van der Waals surface area contributed by atoms with E-state index in [9.17, 15) is 18.0 Å². The van der Waals surface area contributed by atoms with Crippen molar-refractivity contribution < 1.29 is 18.0 Å². The second-order valence-electron chi connectivity index (χ2n) is 7.22. The lowest BCUT2D eigenvalue weighted by Crippen LogP contribution is -2.16. The van der Waals surface area contributed by atoms with Gasteiger partial charge in [0.1, 0.15) is 6.33 Å². The van der Waals surface area contributed by atoms with E-state index in [0.29, 0.717) is 25.0 Å². The molecule has 35 heavy (non-hydrogen) atoms. The second kappa shape index (κ2) is 8.95. The van der Waals surface area contributed by atoms with Crippen molar-refractivity contribution in [2.75, 3.05) is 5.32 Å². The van der Waals surface area contributed by atoms with Crippen LogP contribution in [0.2, 0.25) is 10.0 Å². The SMILES string of the molecule is O=C(Nc1ncn(Cc2c(Cl)cccc2Cl)n1)c1cc2nc(-c3cccs3)cc(C(F)(F)F)n2n1. The molecule has 4 aromatic heterocycles. The van der Waals surface area contributed by atoms with Crippen LogP contribution >= 0.6 is 34.5 Å². The Morgan fingerprint density at radius 2 is 1.86 bits per heavy atom. The van der Waals surface area contributed by atoms with Crippen molar-refractivity contribution in [3.63, 3.8) is 0 Å². The van der Waals surface area contributed by atoms with Crippen molar-refractivity contribution in [3.8, 4) is 10.6 Å². The third-order valence-electron chi connectivity index (χ3n) is 4.87. The largest absolute Gasteiger partial charge is 0.433 e. The Labute approximate surface area is 209 Å². The normalized spacial score (nSPS) is 11.8. The van der Waals surface area contributed by atoms with Crippen LogP contribution in [-0.2, 0) is 12.7 Å². The number of carbonyl (C=O) groups excluding carboxylic acids is 1. The first kappa shape index (κ1) is 23.3. The maximum absolute atomic E-state index is 13.7. The van der Waals surface area contributed by atoms with E-state index in [1.54, 1.807) is 35.7 Å². The molecule has 14 heteroatoms. The van der Waals surface area contributed by atoms with Crippen molar-refractivity contribution in [2.45, 2.75) is 12.7 Å². The molecule has 5 rings (SSSR count). The fourth-order valence-corrected chi connectivity index (χ4v) is 4.48. The highest BCUT2D eigenvalue weighted by molar-refractivity contribution is 7.13. The molecule has 1 aromatic carbocycles. The first-order valence-corrected chi connectivity index (χ1v) is 11.5.